The number of anilines is 1. The van der Waals surface area contributed by atoms with Crippen LogP contribution in [0.2, 0.25) is 5.02 Å². The number of aromatic nitrogens is 1. The standard InChI is InChI=1S/C18H23ClN2O2/c1-11-13(19)7-6-8-14(11)21-16(22)10-9-15-12(2)20-17(23-15)18(3,4)5/h6-8H,9-10H2,1-5H3,(H,21,22). The van der Waals surface area contributed by atoms with Crippen molar-refractivity contribution < 1.29 is 9.21 Å². The maximum absolute atomic E-state index is 12.1. The Balaban J connectivity index is 2.00. The number of carbonyl (C=O) groups is 1. The Bertz CT molecular complexity index is 714. The van der Waals surface area contributed by atoms with Gasteiger partial charge in [-0.1, -0.05) is 38.4 Å². The molecule has 0 saturated heterocycles. The average Bonchev–Trinajstić information content (AvgIpc) is 2.83. The van der Waals surface area contributed by atoms with Gasteiger partial charge in [-0.25, -0.2) is 4.98 Å². The maximum Gasteiger partial charge on any atom is 0.224 e. The molecule has 0 bridgehead atoms. The average molecular weight is 335 g/mol. The van der Waals surface area contributed by atoms with Gasteiger partial charge in [-0.15, -0.1) is 0 Å². The molecule has 0 aliphatic carbocycles. The van der Waals surface area contributed by atoms with Crippen molar-refractivity contribution in [2.45, 2.75) is 52.9 Å². The number of hydrogen-bond donors (Lipinski definition) is 1. The number of nitrogens with one attached hydrogen (secondary N) is 1. The Kier molecular flexibility index (Phi) is 5.15. The summed E-state index contributed by atoms with van der Waals surface area (Å²) in [6.07, 6.45) is 0.867. The van der Waals surface area contributed by atoms with Crippen LogP contribution in [0.4, 0.5) is 5.69 Å². The SMILES string of the molecule is Cc1nc(C(C)(C)C)oc1CCC(=O)Nc1cccc(Cl)c1C. The molecule has 0 aliphatic rings. The van der Waals surface area contributed by atoms with Gasteiger partial charge in [0, 0.05) is 29.0 Å². The van der Waals surface area contributed by atoms with Crippen LogP contribution in [0.1, 0.15) is 50.1 Å². The number of carbonyl (C=O) groups excluding carboxylic acids is 1. The van der Waals surface area contributed by atoms with E-state index in [-0.39, 0.29) is 11.3 Å². The number of amides is 1. The summed E-state index contributed by atoms with van der Waals surface area (Å²) in [5, 5.41) is 3.53. The van der Waals surface area contributed by atoms with E-state index >= 15 is 0 Å². The van der Waals surface area contributed by atoms with Gasteiger partial charge in [0.2, 0.25) is 5.91 Å². The topological polar surface area (TPSA) is 55.1 Å². The van der Waals surface area contributed by atoms with E-state index in [4.69, 9.17) is 16.0 Å². The van der Waals surface area contributed by atoms with E-state index in [1.54, 1.807) is 6.07 Å². The largest absolute Gasteiger partial charge is 0.445 e. The zero-order valence-electron chi connectivity index (χ0n) is 14.3. The van der Waals surface area contributed by atoms with Crippen LogP contribution in [0.5, 0.6) is 0 Å². The van der Waals surface area contributed by atoms with E-state index in [9.17, 15) is 4.79 Å². The lowest BCUT2D eigenvalue weighted by Crippen LogP contribution is -2.13. The summed E-state index contributed by atoms with van der Waals surface area (Å²) >= 11 is 6.06. The molecule has 0 fully saturated rings. The minimum absolute atomic E-state index is 0.0662. The number of hydrogen-bond acceptors (Lipinski definition) is 3. The minimum Gasteiger partial charge on any atom is -0.445 e. The van der Waals surface area contributed by atoms with Crippen molar-refractivity contribution in [3.8, 4) is 0 Å². The summed E-state index contributed by atoms with van der Waals surface area (Å²) < 4.78 is 5.81. The van der Waals surface area contributed by atoms with Crippen molar-refractivity contribution in [1.29, 1.82) is 0 Å². The Morgan fingerprint density at radius 3 is 2.61 bits per heavy atom. The van der Waals surface area contributed by atoms with Gasteiger partial charge in [-0.05, 0) is 31.5 Å². The van der Waals surface area contributed by atoms with E-state index in [0.717, 1.165) is 22.7 Å². The third-order valence-corrected chi connectivity index (χ3v) is 4.06. The lowest BCUT2D eigenvalue weighted by Gasteiger charge is -2.12. The zero-order chi connectivity index (χ0) is 17.2. The summed E-state index contributed by atoms with van der Waals surface area (Å²) in [6.45, 7) is 9.95. The quantitative estimate of drug-likeness (QED) is 0.872. The summed E-state index contributed by atoms with van der Waals surface area (Å²) in [7, 11) is 0. The molecule has 0 saturated carbocycles. The molecule has 0 radical (unpaired) electrons. The van der Waals surface area contributed by atoms with Crippen LogP contribution >= 0.6 is 11.6 Å². The Morgan fingerprint density at radius 2 is 2.00 bits per heavy atom. The highest BCUT2D eigenvalue weighted by Gasteiger charge is 2.22. The van der Waals surface area contributed by atoms with Crippen LogP contribution < -0.4 is 5.32 Å². The number of rotatable bonds is 4. The van der Waals surface area contributed by atoms with E-state index < -0.39 is 0 Å². The lowest BCUT2D eigenvalue weighted by atomic mass is 9.97. The van der Waals surface area contributed by atoms with Gasteiger partial charge in [0.1, 0.15) is 5.76 Å². The smallest absolute Gasteiger partial charge is 0.224 e. The normalized spacial score (nSPS) is 11.6. The molecule has 1 heterocycles. The molecule has 1 aromatic carbocycles. The van der Waals surface area contributed by atoms with Gasteiger partial charge < -0.3 is 9.73 Å². The molecule has 2 rings (SSSR count). The van der Waals surface area contributed by atoms with Crippen LogP contribution in [-0.4, -0.2) is 10.9 Å². The fourth-order valence-corrected chi connectivity index (χ4v) is 2.34. The van der Waals surface area contributed by atoms with Crippen molar-refractivity contribution in [3.05, 3.63) is 46.1 Å². The second kappa shape index (κ2) is 6.75. The highest BCUT2D eigenvalue weighted by molar-refractivity contribution is 6.31. The van der Waals surface area contributed by atoms with Crippen LogP contribution in [0.15, 0.2) is 22.6 Å². The molecule has 4 nitrogen and oxygen atoms in total. The molecule has 2 aromatic rings. The number of nitrogens with zero attached hydrogens (tertiary/aromatic N) is 1. The molecule has 23 heavy (non-hydrogen) atoms. The van der Waals surface area contributed by atoms with E-state index in [0.29, 0.717) is 23.8 Å². The highest BCUT2D eigenvalue weighted by atomic mass is 35.5. The molecule has 5 heteroatoms. The maximum atomic E-state index is 12.1. The fourth-order valence-electron chi connectivity index (χ4n) is 2.16. The molecular formula is C18H23ClN2O2. The second-order valence-electron chi connectivity index (χ2n) is 6.74. The molecule has 1 amide bonds. The number of halogens is 1. The van der Waals surface area contributed by atoms with E-state index in [1.165, 1.54) is 0 Å². The van der Waals surface area contributed by atoms with Gasteiger partial charge in [0.15, 0.2) is 5.89 Å². The fraction of sp³-hybridized carbons (Fsp3) is 0.444. The van der Waals surface area contributed by atoms with Crippen LogP contribution in [0.3, 0.4) is 0 Å². The third-order valence-electron chi connectivity index (χ3n) is 3.66. The molecule has 0 unspecified atom stereocenters. The van der Waals surface area contributed by atoms with Gasteiger partial charge in [0.25, 0.3) is 0 Å². The van der Waals surface area contributed by atoms with Crippen molar-refractivity contribution in [1.82, 2.24) is 4.98 Å². The zero-order valence-corrected chi connectivity index (χ0v) is 15.0. The first-order chi connectivity index (χ1) is 10.7. The molecular weight excluding hydrogens is 312 g/mol. The Hall–Kier alpha value is -1.81. The monoisotopic (exact) mass is 334 g/mol. The first kappa shape index (κ1) is 17.5. The number of oxazole rings is 1. The summed E-state index contributed by atoms with van der Waals surface area (Å²) in [5.41, 5.74) is 2.32. The van der Waals surface area contributed by atoms with Crippen LogP contribution in [0.25, 0.3) is 0 Å². The minimum atomic E-state index is -0.136. The second-order valence-corrected chi connectivity index (χ2v) is 7.15. The third kappa shape index (κ3) is 4.35. The van der Waals surface area contributed by atoms with Crippen molar-refractivity contribution in [2.75, 3.05) is 5.32 Å². The number of benzene rings is 1. The molecule has 0 aliphatic heterocycles. The van der Waals surface area contributed by atoms with Crippen LogP contribution in [0, 0.1) is 13.8 Å². The summed E-state index contributed by atoms with van der Waals surface area (Å²) in [4.78, 5) is 16.6. The van der Waals surface area contributed by atoms with E-state index in [2.05, 4.69) is 31.1 Å². The van der Waals surface area contributed by atoms with Gasteiger partial charge in [-0.2, -0.15) is 0 Å². The summed E-state index contributed by atoms with van der Waals surface area (Å²) in [5.74, 6) is 1.41. The van der Waals surface area contributed by atoms with Crippen LogP contribution in [-0.2, 0) is 16.6 Å². The van der Waals surface area contributed by atoms with Crippen molar-refractivity contribution >= 4 is 23.2 Å². The summed E-state index contributed by atoms with van der Waals surface area (Å²) in [6, 6.07) is 5.47. The van der Waals surface area contributed by atoms with Gasteiger partial charge in [-0.3, -0.25) is 4.79 Å². The molecule has 0 atom stereocenters. The first-order valence-electron chi connectivity index (χ1n) is 7.70. The van der Waals surface area contributed by atoms with Crippen molar-refractivity contribution in [3.63, 3.8) is 0 Å². The predicted molar refractivity (Wildman–Crippen MR) is 93.1 cm³/mol. The Morgan fingerprint density at radius 1 is 1.30 bits per heavy atom. The Labute approximate surface area is 142 Å². The molecule has 0 spiro atoms. The highest BCUT2D eigenvalue weighted by Crippen LogP contribution is 2.25. The first-order valence-corrected chi connectivity index (χ1v) is 8.08. The van der Waals surface area contributed by atoms with Gasteiger partial charge in [0.05, 0.1) is 5.69 Å². The molecule has 1 N–H and O–H groups in total. The van der Waals surface area contributed by atoms with Gasteiger partial charge >= 0.3 is 0 Å². The van der Waals surface area contributed by atoms with E-state index in [1.807, 2.05) is 26.0 Å². The van der Waals surface area contributed by atoms with Crippen molar-refractivity contribution in [2.24, 2.45) is 0 Å². The lowest BCUT2D eigenvalue weighted by molar-refractivity contribution is -0.116. The molecule has 1 aromatic heterocycles. The number of aryl methyl sites for hydroxylation is 2. The predicted octanol–water partition coefficient (Wildman–Crippen LogP) is 4.81. The molecule has 124 valence electrons.